The summed E-state index contributed by atoms with van der Waals surface area (Å²) < 4.78 is 0. The van der Waals surface area contributed by atoms with Crippen molar-refractivity contribution in [3.63, 3.8) is 0 Å². The standard InChI is InChI=1S/C9H10N5O/c10-8-2-1-7(14(8)9(11)15)6-5-12-3-4-13-6/h3-5,7H,1-2H2,(H2,11,15)/q-1. The maximum absolute atomic E-state index is 11.1. The van der Waals surface area contributed by atoms with E-state index < -0.39 is 6.03 Å². The molecular weight excluding hydrogens is 194 g/mol. The Labute approximate surface area is 86.6 Å². The van der Waals surface area contributed by atoms with E-state index in [0.29, 0.717) is 18.5 Å². The number of nitrogens with zero attached hydrogens (tertiary/aromatic N) is 4. The van der Waals surface area contributed by atoms with Gasteiger partial charge in [-0.2, -0.15) is 0 Å². The highest BCUT2D eigenvalue weighted by Gasteiger charge is 2.26. The lowest BCUT2D eigenvalue weighted by molar-refractivity contribution is 0.221. The van der Waals surface area contributed by atoms with Crippen LogP contribution in [0.2, 0.25) is 0 Å². The summed E-state index contributed by atoms with van der Waals surface area (Å²) >= 11 is 0. The molecule has 1 unspecified atom stereocenters. The SMILES string of the molecule is [N-]=C1CCC(c2cnccn2)N1C(N)=O. The van der Waals surface area contributed by atoms with E-state index in [9.17, 15) is 10.2 Å². The maximum Gasteiger partial charge on any atom is 0.237 e. The molecule has 1 aromatic rings. The van der Waals surface area contributed by atoms with Crippen molar-refractivity contribution in [2.75, 3.05) is 0 Å². The first-order valence-electron chi connectivity index (χ1n) is 4.59. The van der Waals surface area contributed by atoms with Crippen molar-refractivity contribution in [1.29, 1.82) is 0 Å². The fraction of sp³-hybridized carbons (Fsp3) is 0.333. The van der Waals surface area contributed by atoms with Crippen molar-refractivity contribution >= 4 is 11.9 Å². The van der Waals surface area contributed by atoms with Crippen LogP contribution in [0.5, 0.6) is 0 Å². The Morgan fingerprint density at radius 1 is 1.60 bits per heavy atom. The van der Waals surface area contributed by atoms with E-state index in [1.807, 2.05) is 0 Å². The number of amidine groups is 1. The van der Waals surface area contributed by atoms with E-state index in [2.05, 4.69) is 9.97 Å². The van der Waals surface area contributed by atoms with Gasteiger partial charge >= 0.3 is 0 Å². The van der Waals surface area contributed by atoms with Crippen LogP contribution in [0.25, 0.3) is 5.41 Å². The lowest BCUT2D eigenvalue weighted by Gasteiger charge is -2.30. The van der Waals surface area contributed by atoms with E-state index in [1.54, 1.807) is 18.6 Å². The van der Waals surface area contributed by atoms with Gasteiger partial charge in [0.1, 0.15) is 0 Å². The Hall–Kier alpha value is -1.98. The first-order chi connectivity index (χ1) is 7.20. The van der Waals surface area contributed by atoms with Crippen molar-refractivity contribution in [2.45, 2.75) is 18.9 Å². The highest BCUT2D eigenvalue weighted by Crippen LogP contribution is 2.30. The van der Waals surface area contributed by atoms with Crippen molar-refractivity contribution < 1.29 is 4.79 Å². The van der Waals surface area contributed by atoms with Crippen molar-refractivity contribution in [2.24, 2.45) is 5.73 Å². The van der Waals surface area contributed by atoms with Gasteiger partial charge in [0, 0.05) is 24.6 Å². The van der Waals surface area contributed by atoms with Gasteiger partial charge < -0.3 is 16.0 Å². The van der Waals surface area contributed by atoms with Crippen LogP contribution in [-0.4, -0.2) is 26.7 Å². The number of likely N-dealkylation sites (tertiary alicyclic amines) is 1. The molecule has 1 atom stereocenters. The van der Waals surface area contributed by atoms with Crippen LogP contribution in [0.15, 0.2) is 18.6 Å². The molecule has 6 heteroatoms. The average molecular weight is 204 g/mol. The van der Waals surface area contributed by atoms with E-state index in [4.69, 9.17) is 5.73 Å². The third-order valence-electron chi connectivity index (χ3n) is 2.39. The van der Waals surface area contributed by atoms with Gasteiger partial charge in [0.15, 0.2) is 0 Å². The lowest BCUT2D eigenvalue weighted by atomic mass is 10.1. The Bertz CT molecular complexity index is 391. The maximum atomic E-state index is 11.1. The van der Waals surface area contributed by atoms with Gasteiger partial charge in [-0.1, -0.05) is 5.84 Å². The topological polar surface area (TPSA) is 94.4 Å². The number of nitrogens with two attached hydrogens (primary N) is 1. The van der Waals surface area contributed by atoms with Crippen LogP contribution in [0.4, 0.5) is 4.79 Å². The van der Waals surface area contributed by atoms with Crippen molar-refractivity contribution in [1.82, 2.24) is 14.9 Å². The molecule has 2 N–H and O–H groups in total. The number of carbonyl (C=O) groups excluding carboxylic acids is 1. The quantitative estimate of drug-likeness (QED) is 0.727. The summed E-state index contributed by atoms with van der Waals surface area (Å²) in [7, 11) is 0. The van der Waals surface area contributed by atoms with Crippen LogP contribution in [0.3, 0.4) is 0 Å². The van der Waals surface area contributed by atoms with Crippen LogP contribution < -0.4 is 5.73 Å². The molecule has 1 aliphatic heterocycles. The molecule has 0 spiro atoms. The zero-order chi connectivity index (χ0) is 10.8. The van der Waals surface area contributed by atoms with E-state index in [-0.39, 0.29) is 11.9 Å². The second kappa shape index (κ2) is 3.64. The van der Waals surface area contributed by atoms with Gasteiger partial charge in [0.2, 0.25) is 6.03 Å². The van der Waals surface area contributed by atoms with Crippen LogP contribution in [0, 0.1) is 0 Å². The molecule has 0 aromatic carbocycles. The summed E-state index contributed by atoms with van der Waals surface area (Å²) in [6.45, 7) is 0. The second-order valence-corrected chi connectivity index (χ2v) is 3.31. The van der Waals surface area contributed by atoms with Crippen LogP contribution >= 0.6 is 0 Å². The summed E-state index contributed by atoms with van der Waals surface area (Å²) in [6.07, 6.45) is 5.72. The van der Waals surface area contributed by atoms with Gasteiger partial charge in [0.25, 0.3) is 0 Å². The third-order valence-corrected chi connectivity index (χ3v) is 2.39. The molecule has 1 saturated heterocycles. The monoisotopic (exact) mass is 204 g/mol. The Morgan fingerprint density at radius 3 is 3.00 bits per heavy atom. The van der Waals surface area contributed by atoms with E-state index >= 15 is 0 Å². The number of aromatic nitrogens is 2. The predicted molar refractivity (Wildman–Crippen MR) is 53.8 cm³/mol. The highest BCUT2D eigenvalue weighted by atomic mass is 16.2. The second-order valence-electron chi connectivity index (χ2n) is 3.31. The summed E-state index contributed by atoms with van der Waals surface area (Å²) in [5.74, 6) is -0.00171. The van der Waals surface area contributed by atoms with Gasteiger partial charge in [-0.25, -0.2) is 0 Å². The number of hydrogen-bond donors (Lipinski definition) is 1. The molecule has 2 heterocycles. The number of hydrogen-bond acceptors (Lipinski definition) is 3. The molecule has 78 valence electrons. The molecule has 2 rings (SSSR count). The first-order valence-corrected chi connectivity index (χ1v) is 4.59. The predicted octanol–water partition coefficient (Wildman–Crippen LogP) is 0.660. The van der Waals surface area contributed by atoms with Gasteiger partial charge in [0.05, 0.1) is 5.69 Å². The lowest BCUT2D eigenvalue weighted by Crippen LogP contribution is -2.38. The summed E-state index contributed by atoms with van der Waals surface area (Å²) in [5, 5.41) is 9.48. The third kappa shape index (κ3) is 1.65. The summed E-state index contributed by atoms with van der Waals surface area (Å²) in [4.78, 5) is 20.3. The normalized spacial score (nSPS) is 20.7. The molecule has 1 fully saturated rings. The number of carbonyl (C=O) groups is 1. The largest absolute Gasteiger partial charge is 0.468 e. The highest BCUT2D eigenvalue weighted by molar-refractivity contribution is 6.00. The number of amides is 2. The average Bonchev–Trinajstić information content (AvgIpc) is 2.61. The van der Waals surface area contributed by atoms with E-state index in [1.165, 1.54) is 0 Å². The molecule has 0 saturated carbocycles. The minimum Gasteiger partial charge on any atom is -0.468 e. The van der Waals surface area contributed by atoms with E-state index in [0.717, 1.165) is 4.90 Å². The van der Waals surface area contributed by atoms with Gasteiger partial charge in [-0.3, -0.25) is 14.8 Å². The van der Waals surface area contributed by atoms with Crippen molar-refractivity contribution in [3.8, 4) is 0 Å². The molecule has 15 heavy (non-hydrogen) atoms. The fourth-order valence-corrected chi connectivity index (χ4v) is 1.74. The van der Waals surface area contributed by atoms with Crippen molar-refractivity contribution in [3.05, 3.63) is 29.7 Å². The van der Waals surface area contributed by atoms with Gasteiger partial charge in [-0.15, -0.1) is 0 Å². The zero-order valence-corrected chi connectivity index (χ0v) is 8.00. The minimum absolute atomic E-state index is 0.00171. The smallest absolute Gasteiger partial charge is 0.237 e. The first kappa shape index (κ1) is 9.57. The molecular formula is C9H10N5O-. The molecule has 1 aromatic heterocycles. The summed E-state index contributed by atoms with van der Waals surface area (Å²) in [5.41, 5.74) is 5.81. The molecule has 0 aliphatic carbocycles. The fourth-order valence-electron chi connectivity index (χ4n) is 1.74. The molecule has 0 bridgehead atoms. The van der Waals surface area contributed by atoms with Crippen LogP contribution in [0.1, 0.15) is 24.6 Å². The number of urea groups is 1. The Morgan fingerprint density at radius 2 is 2.40 bits per heavy atom. The number of rotatable bonds is 1. The molecule has 6 nitrogen and oxygen atoms in total. The minimum atomic E-state index is -0.666. The summed E-state index contributed by atoms with van der Waals surface area (Å²) in [6, 6.07) is -0.961. The number of primary amides is 1. The Kier molecular flexibility index (Phi) is 2.32. The molecule has 1 aliphatic rings. The van der Waals surface area contributed by atoms with Crippen LogP contribution in [-0.2, 0) is 0 Å². The van der Waals surface area contributed by atoms with Gasteiger partial charge in [-0.05, 0) is 12.8 Å². The molecule has 0 radical (unpaired) electrons. The molecule has 2 amide bonds. The Balaban J connectivity index is 2.30. The zero-order valence-electron chi connectivity index (χ0n) is 8.00.